The van der Waals surface area contributed by atoms with Crippen molar-refractivity contribution in [3.63, 3.8) is 0 Å². The molecular formula is C15H20N2O4. The number of hydrogen-bond acceptors (Lipinski definition) is 3. The van der Waals surface area contributed by atoms with Crippen LogP contribution in [0.4, 0.5) is 4.79 Å². The summed E-state index contributed by atoms with van der Waals surface area (Å²) in [5, 5.41) is 9.39. The van der Waals surface area contributed by atoms with Gasteiger partial charge in [0, 0.05) is 33.8 Å². The van der Waals surface area contributed by atoms with Crippen molar-refractivity contribution in [2.45, 2.75) is 12.5 Å². The van der Waals surface area contributed by atoms with E-state index in [4.69, 9.17) is 4.74 Å². The highest BCUT2D eigenvalue weighted by Crippen LogP contribution is 2.28. The zero-order chi connectivity index (χ0) is 15.4. The molecule has 0 radical (unpaired) electrons. The SMILES string of the molecule is COCCN(C)C(=O)N1Cc2ccccc2C(C(=O)O)C1. The van der Waals surface area contributed by atoms with Gasteiger partial charge in [-0.2, -0.15) is 0 Å². The Hall–Kier alpha value is -2.08. The molecule has 0 aliphatic carbocycles. The van der Waals surface area contributed by atoms with E-state index in [1.165, 1.54) is 0 Å². The highest BCUT2D eigenvalue weighted by atomic mass is 16.5. The van der Waals surface area contributed by atoms with Gasteiger partial charge in [0.2, 0.25) is 0 Å². The third kappa shape index (κ3) is 3.33. The quantitative estimate of drug-likeness (QED) is 0.910. The topological polar surface area (TPSA) is 70.1 Å². The molecule has 1 aliphatic rings. The van der Waals surface area contributed by atoms with Crippen molar-refractivity contribution >= 4 is 12.0 Å². The number of benzene rings is 1. The largest absolute Gasteiger partial charge is 0.481 e. The van der Waals surface area contributed by atoms with Crippen LogP contribution in [0, 0.1) is 0 Å². The smallest absolute Gasteiger partial charge is 0.320 e. The van der Waals surface area contributed by atoms with Crippen LogP contribution in [-0.2, 0) is 16.1 Å². The molecule has 1 aliphatic heterocycles. The number of amides is 2. The third-order valence-electron chi connectivity index (χ3n) is 3.72. The summed E-state index contributed by atoms with van der Waals surface area (Å²) in [6, 6.07) is 7.22. The lowest BCUT2D eigenvalue weighted by molar-refractivity contribution is -0.139. The van der Waals surface area contributed by atoms with Crippen molar-refractivity contribution in [3.05, 3.63) is 35.4 Å². The fourth-order valence-corrected chi connectivity index (χ4v) is 2.53. The number of carboxylic acids is 1. The van der Waals surface area contributed by atoms with Gasteiger partial charge >= 0.3 is 12.0 Å². The number of rotatable bonds is 4. The molecule has 1 atom stereocenters. The molecule has 1 aromatic carbocycles. The van der Waals surface area contributed by atoms with Crippen molar-refractivity contribution in [1.82, 2.24) is 9.80 Å². The molecule has 0 bridgehead atoms. The molecule has 1 heterocycles. The van der Waals surface area contributed by atoms with Gasteiger partial charge in [0.25, 0.3) is 0 Å². The predicted octanol–water partition coefficient (Wildman–Crippen LogP) is 1.37. The summed E-state index contributed by atoms with van der Waals surface area (Å²) in [5.41, 5.74) is 1.69. The van der Waals surface area contributed by atoms with Crippen LogP contribution < -0.4 is 0 Å². The Morgan fingerprint density at radius 2 is 2.14 bits per heavy atom. The lowest BCUT2D eigenvalue weighted by atomic mass is 9.90. The van der Waals surface area contributed by atoms with Crippen LogP contribution in [0.3, 0.4) is 0 Å². The summed E-state index contributed by atoms with van der Waals surface area (Å²) in [6.45, 7) is 1.57. The number of carbonyl (C=O) groups excluding carboxylic acids is 1. The van der Waals surface area contributed by atoms with E-state index in [1.807, 2.05) is 24.3 Å². The van der Waals surface area contributed by atoms with Crippen molar-refractivity contribution in [1.29, 1.82) is 0 Å². The average molecular weight is 292 g/mol. The summed E-state index contributed by atoms with van der Waals surface area (Å²) in [6.07, 6.45) is 0. The summed E-state index contributed by atoms with van der Waals surface area (Å²) < 4.78 is 4.96. The molecular weight excluding hydrogens is 272 g/mol. The first-order chi connectivity index (χ1) is 10.0. The molecule has 0 aromatic heterocycles. The summed E-state index contributed by atoms with van der Waals surface area (Å²) in [5.74, 6) is -1.57. The fourth-order valence-electron chi connectivity index (χ4n) is 2.53. The predicted molar refractivity (Wildman–Crippen MR) is 77.1 cm³/mol. The number of nitrogens with zero attached hydrogens (tertiary/aromatic N) is 2. The van der Waals surface area contributed by atoms with Gasteiger partial charge < -0.3 is 19.6 Å². The third-order valence-corrected chi connectivity index (χ3v) is 3.72. The Morgan fingerprint density at radius 3 is 2.81 bits per heavy atom. The average Bonchev–Trinajstić information content (AvgIpc) is 2.50. The molecule has 1 unspecified atom stereocenters. The van der Waals surface area contributed by atoms with Gasteiger partial charge in [0.15, 0.2) is 0 Å². The van der Waals surface area contributed by atoms with E-state index >= 15 is 0 Å². The van der Waals surface area contributed by atoms with Gasteiger partial charge in [0.1, 0.15) is 0 Å². The highest BCUT2D eigenvalue weighted by Gasteiger charge is 2.33. The first kappa shape index (κ1) is 15.3. The normalized spacial score (nSPS) is 17.2. The van der Waals surface area contributed by atoms with E-state index in [0.717, 1.165) is 11.1 Å². The summed E-state index contributed by atoms with van der Waals surface area (Å²) in [7, 11) is 3.27. The molecule has 21 heavy (non-hydrogen) atoms. The van der Waals surface area contributed by atoms with Gasteiger partial charge in [-0.1, -0.05) is 24.3 Å². The van der Waals surface area contributed by atoms with E-state index in [-0.39, 0.29) is 12.6 Å². The van der Waals surface area contributed by atoms with Crippen LogP contribution in [0.25, 0.3) is 0 Å². The van der Waals surface area contributed by atoms with E-state index in [9.17, 15) is 14.7 Å². The number of urea groups is 1. The Balaban J connectivity index is 2.17. The van der Waals surface area contributed by atoms with Crippen molar-refractivity contribution in [3.8, 4) is 0 Å². The second-order valence-electron chi connectivity index (χ2n) is 5.17. The van der Waals surface area contributed by atoms with Crippen molar-refractivity contribution < 1.29 is 19.4 Å². The number of hydrogen-bond donors (Lipinski definition) is 1. The van der Waals surface area contributed by atoms with Crippen LogP contribution in [0.5, 0.6) is 0 Å². The Kier molecular flexibility index (Phi) is 4.80. The Labute approximate surface area is 123 Å². The minimum atomic E-state index is -0.903. The monoisotopic (exact) mass is 292 g/mol. The number of aliphatic carboxylic acids is 1. The molecule has 1 N–H and O–H groups in total. The number of likely N-dealkylation sites (N-methyl/N-ethyl adjacent to an activating group) is 1. The highest BCUT2D eigenvalue weighted by molar-refractivity contribution is 5.80. The van der Waals surface area contributed by atoms with Crippen LogP contribution in [0.15, 0.2) is 24.3 Å². The summed E-state index contributed by atoms with van der Waals surface area (Å²) >= 11 is 0. The molecule has 2 rings (SSSR count). The van der Waals surface area contributed by atoms with Crippen molar-refractivity contribution in [2.24, 2.45) is 0 Å². The molecule has 0 saturated carbocycles. The first-order valence-electron chi connectivity index (χ1n) is 6.84. The Morgan fingerprint density at radius 1 is 1.43 bits per heavy atom. The van der Waals surface area contributed by atoms with Gasteiger partial charge in [-0.05, 0) is 11.1 Å². The lowest BCUT2D eigenvalue weighted by Gasteiger charge is -2.35. The Bertz CT molecular complexity index is 532. The zero-order valence-electron chi connectivity index (χ0n) is 12.3. The number of methoxy groups -OCH3 is 1. The molecule has 0 saturated heterocycles. The number of carbonyl (C=O) groups is 2. The van der Waals surface area contributed by atoms with Crippen molar-refractivity contribution in [2.75, 3.05) is 33.9 Å². The maximum atomic E-state index is 12.4. The minimum Gasteiger partial charge on any atom is -0.481 e. The maximum absolute atomic E-state index is 12.4. The molecule has 0 spiro atoms. The molecule has 0 fully saturated rings. The molecule has 6 nitrogen and oxygen atoms in total. The van der Waals surface area contributed by atoms with E-state index in [2.05, 4.69) is 0 Å². The van der Waals surface area contributed by atoms with Crippen LogP contribution in [-0.4, -0.2) is 60.8 Å². The maximum Gasteiger partial charge on any atom is 0.320 e. The van der Waals surface area contributed by atoms with E-state index < -0.39 is 11.9 Å². The second kappa shape index (κ2) is 6.58. The molecule has 2 amide bonds. The van der Waals surface area contributed by atoms with Crippen LogP contribution in [0.1, 0.15) is 17.0 Å². The number of ether oxygens (including phenoxy) is 1. The van der Waals surface area contributed by atoms with Gasteiger partial charge in [-0.3, -0.25) is 4.79 Å². The second-order valence-corrected chi connectivity index (χ2v) is 5.17. The van der Waals surface area contributed by atoms with E-state index in [1.54, 1.807) is 24.0 Å². The first-order valence-corrected chi connectivity index (χ1v) is 6.84. The summed E-state index contributed by atoms with van der Waals surface area (Å²) in [4.78, 5) is 27.0. The van der Waals surface area contributed by atoms with Gasteiger partial charge in [0.05, 0.1) is 12.5 Å². The van der Waals surface area contributed by atoms with Crippen LogP contribution in [0.2, 0.25) is 0 Å². The lowest BCUT2D eigenvalue weighted by Crippen LogP contribution is -2.47. The molecule has 1 aromatic rings. The van der Waals surface area contributed by atoms with Crippen LogP contribution >= 0.6 is 0 Å². The van der Waals surface area contributed by atoms with Gasteiger partial charge in [-0.15, -0.1) is 0 Å². The number of carboxylic acid groups (broad SMARTS) is 1. The molecule has 6 heteroatoms. The zero-order valence-corrected chi connectivity index (χ0v) is 12.3. The minimum absolute atomic E-state index is 0.173. The van der Waals surface area contributed by atoms with Gasteiger partial charge in [-0.25, -0.2) is 4.79 Å². The number of fused-ring (bicyclic) bond motifs is 1. The standard InChI is InChI=1S/C15H20N2O4/c1-16(7-8-21-2)15(20)17-9-11-5-3-4-6-12(11)13(10-17)14(18)19/h3-6,13H,7-10H2,1-2H3,(H,18,19). The van der Waals surface area contributed by atoms with E-state index in [0.29, 0.717) is 19.7 Å². The molecule has 114 valence electrons. The fraction of sp³-hybridized carbons (Fsp3) is 0.467.